The molecule has 4 nitrogen and oxygen atoms in total. The monoisotopic (exact) mass is 266 g/mol. The topological polar surface area (TPSA) is 65.3 Å². The molecule has 0 amide bonds. The van der Waals surface area contributed by atoms with Gasteiger partial charge in [0.2, 0.25) is 0 Å². The van der Waals surface area contributed by atoms with Gasteiger partial charge in [0.05, 0.1) is 11.6 Å². The van der Waals surface area contributed by atoms with Crippen LogP contribution in [0.25, 0.3) is 0 Å². The minimum Gasteiger partial charge on any atom is -0.487 e. The van der Waals surface area contributed by atoms with Gasteiger partial charge in [-0.3, -0.25) is 0 Å². The van der Waals surface area contributed by atoms with Crippen molar-refractivity contribution in [3.8, 4) is 11.8 Å². The number of hydrogen-bond acceptors (Lipinski definition) is 4. The molecule has 0 bridgehead atoms. The lowest BCUT2D eigenvalue weighted by Crippen LogP contribution is -2.43. The maximum Gasteiger partial charge on any atom is 0.166 e. The van der Waals surface area contributed by atoms with Crippen molar-refractivity contribution < 1.29 is 14.2 Å². The zero-order valence-corrected chi connectivity index (χ0v) is 11.2. The highest BCUT2D eigenvalue weighted by Gasteiger charge is 2.21. The van der Waals surface area contributed by atoms with Crippen LogP contribution in [0.1, 0.15) is 25.8 Å². The highest BCUT2D eigenvalue weighted by Crippen LogP contribution is 2.19. The Labute approximate surface area is 112 Å². The summed E-state index contributed by atoms with van der Waals surface area (Å²) in [7, 11) is 0. The molecule has 0 heterocycles. The Morgan fingerprint density at radius 1 is 1.53 bits per heavy atom. The third-order valence-corrected chi connectivity index (χ3v) is 2.53. The smallest absolute Gasteiger partial charge is 0.166 e. The largest absolute Gasteiger partial charge is 0.487 e. The molecule has 1 atom stereocenters. The summed E-state index contributed by atoms with van der Waals surface area (Å²) < 4.78 is 18.8. The van der Waals surface area contributed by atoms with Crippen molar-refractivity contribution in [2.24, 2.45) is 0 Å². The maximum atomic E-state index is 13.5. The van der Waals surface area contributed by atoms with E-state index in [9.17, 15) is 9.50 Å². The normalized spacial score (nSPS) is 13.6. The molecule has 104 valence electrons. The Hall–Kier alpha value is -1.64. The second-order valence-electron chi connectivity index (χ2n) is 4.72. The second-order valence-corrected chi connectivity index (χ2v) is 4.72. The molecular formula is C14H19FN2O2. The summed E-state index contributed by atoms with van der Waals surface area (Å²) in [6, 6.07) is 5.82. The van der Waals surface area contributed by atoms with E-state index in [1.54, 1.807) is 6.92 Å². The fraction of sp³-hybridized carbons (Fsp3) is 0.500. The molecule has 5 heteroatoms. The third-order valence-electron chi connectivity index (χ3n) is 2.53. The van der Waals surface area contributed by atoms with Crippen LogP contribution in [-0.2, 0) is 0 Å². The van der Waals surface area contributed by atoms with Gasteiger partial charge in [-0.1, -0.05) is 6.92 Å². The minimum atomic E-state index is -1.07. The highest BCUT2D eigenvalue weighted by molar-refractivity contribution is 5.36. The lowest BCUT2D eigenvalue weighted by molar-refractivity contribution is 0.0113. The van der Waals surface area contributed by atoms with Crippen LogP contribution < -0.4 is 10.1 Å². The molecule has 1 unspecified atom stereocenters. The number of rotatable bonds is 7. The lowest BCUT2D eigenvalue weighted by atomic mass is 10.1. The van der Waals surface area contributed by atoms with Gasteiger partial charge < -0.3 is 15.2 Å². The molecule has 0 aliphatic heterocycles. The zero-order valence-electron chi connectivity index (χ0n) is 11.2. The molecule has 1 aromatic carbocycles. The molecule has 2 N–H and O–H groups in total. The Bertz CT molecular complexity index is 455. The molecular weight excluding hydrogens is 247 g/mol. The van der Waals surface area contributed by atoms with Crippen molar-refractivity contribution in [1.29, 1.82) is 5.26 Å². The molecule has 1 rings (SSSR count). The summed E-state index contributed by atoms with van der Waals surface area (Å²) in [6.07, 6.45) is 0.973. The molecule has 0 spiro atoms. The van der Waals surface area contributed by atoms with Gasteiger partial charge in [-0.15, -0.1) is 0 Å². The first-order valence-electron chi connectivity index (χ1n) is 6.24. The summed E-state index contributed by atoms with van der Waals surface area (Å²) in [5, 5.41) is 21.7. The van der Waals surface area contributed by atoms with E-state index in [0.29, 0.717) is 6.54 Å². The molecule has 19 heavy (non-hydrogen) atoms. The number of nitriles is 1. The highest BCUT2D eigenvalue weighted by atomic mass is 19.1. The third kappa shape index (κ3) is 5.25. The Balaban J connectivity index is 2.54. The number of nitrogens with zero attached hydrogens (tertiary/aromatic N) is 1. The molecule has 0 radical (unpaired) electrons. The van der Waals surface area contributed by atoms with Gasteiger partial charge in [-0.2, -0.15) is 5.26 Å². The van der Waals surface area contributed by atoms with Gasteiger partial charge in [-0.05, 0) is 38.1 Å². The summed E-state index contributed by atoms with van der Waals surface area (Å²) in [6.45, 7) is 4.81. The van der Waals surface area contributed by atoms with Crippen molar-refractivity contribution in [3.63, 3.8) is 0 Å². The SMILES string of the molecule is CCCNCC(C)(O)COc1ccc(C#N)cc1F. The number of aliphatic hydroxyl groups is 1. The minimum absolute atomic E-state index is 0.0213. The summed E-state index contributed by atoms with van der Waals surface area (Å²) in [4.78, 5) is 0. The quantitative estimate of drug-likeness (QED) is 0.739. The van der Waals surface area contributed by atoms with Crippen LogP contribution >= 0.6 is 0 Å². The van der Waals surface area contributed by atoms with Crippen LogP contribution in [-0.4, -0.2) is 30.4 Å². The van der Waals surface area contributed by atoms with Crippen LogP contribution in [0.5, 0.6) is 5.75 Å². The molecule has 0 aromatic heterocycles. The lowest BCUT2D eigenvalue weighted by Gasteiger charge is -2.24. The van der Waals surface area contributed by atoms with Crippen LogP contribution in [0.4, 0.5) is 4.39 Å². The Morgan fingerprint density at radius 3 is 2.84 bits per heavy atom. The number of nitrogens with one attached hydrogen (secondary N) is 1. The first-order valence-corrected chi connectivity index (χ1v) is 6.24. The van der Waals surface area contributed by atoms with Crippen molar-refractivity contribution in [1.82, 2.24) is 5.32 Å². The maximum absolute atomic E-state index is 13.5. The molecule has 0 aliphatic carbocycles. The number of benzene rings is 1. The van der Waals surface area contributed by atoms with E-state index in [4.69, 9.17) is 10.00 Å². The van der Waals surface area contributed by atoms with Gasteiger partial charge in [0.25, 0.3) is 0 Å². The predicted molar refractivity (Wildman–Crippen MR) is 70.4 cm³/mol. The van der Waals surface area contributed by atoms with Gasteiger partial charge in [-0.25, -0.2) is 4.39 Å². The standard InChI is InChI=1S/C14H19FN2O2/c1-3-6-17-9-14(2,18)10-19-13-5-4-11(8-16)7-12(13)15/h4-5,7,17-18H,3,6,9-10H2,1-2H3. The summed E-state index contributed by atoms with van der Waals surface area (Å²) in [5.41, 5.74) is -0.837. The average Bonchev–Trinajstić information content (AvgIpc) is 2.37. The van der Waals surface area contributed by atoms with Gasteiger partial charge in [0.1, 0.15) is 12.2 Å². The first-order chi connectivity index (χ1) is 8.98. The summed E-state index contributed by atoms with van der Waals surface area (Å²) >= 11 is 0. The Kier molecular flexibility index (Phi) is 5.74. The van der Waals surface area contributed by atoms with E-state index in [0.717, 1.165) is 19.0 Å². The fourth-order valence-electron chi connectivity index (χ4n) is 1.51. The number of ether oxygens (including phenoxy) is 1. The van der Waals surface area contributed by atoms with E-state index in [1.165, 1.54) is 12.1 Å². The van der Waals surface area contributed by atoms with Gasteiger partial charge in [0, 0.05) is 6.54 Å². The molecule has 0 saturated carbocycles. The number of halogens is 1. The van der Waals surface area contributed by atoms with Crippen molar-refractivity contribution in [2.75, 3.05) is 19.7 Å². The van der Waals surface area contributed by atoms with Gasteiger partial charge in [0.15, 0.2) is 11.6 Å². The zero-order chi connectivity index (χ0) is 14.3. The van der Waals surface area contributed by atoms with Gasteiger partial charge >= 0.3 is 0 Å². The van der Waals surface area contributed by atoms with Crippen LogP contribution in [0.3, 0.4) is 0 Å². The molecule has 0 aliphatic rings. The van der Waals surface area contributed by atoms with E-state index in [-0.39, 0.29) is 17.9 Å². The van der Waals surface area contributed by atoms with E-state index in [1.807, 2.05) is 13.0 Å². The predicted octanol–water partition coefficient (Wildman–Crippen LogP) is 1.83. The second kappa shape index (κ2) is 7.07. The fourth-order valence-corrected chi connectivity index (χ4v) is 1.51. The average molecular weight is 266 g/mol. The van der Waals surface area contributed by atoms with Crippen molar-refractivity contribution >= 4 is 0 Å². The van der Waals surface area contributed by atoms with Crippen molar-refractivity contribution in [3.05, 3.63) is 29.6 Å². The molecule has 0 fully saturated rings. The number of hydrogen-bond donors (Lipinski definition) is 2. The molecule has 1 aromatic rings. The molecule has 0 saturated heterocycles. The Morgan fingerprint density at radius 2 is 2.26 bits per heavy atom. The van der Waals surface area contributed by atoms with E-state index >= 15 is 0 Å². The van der Waals surface area contributed by atoms with Crippen LogP contribution in [0.2, 0.25) is 0 Å². The van der Waals surface area contributed by atoms with E-state index < -0.39 is 11.4 Å². The van der Waals surface area contributed by atoms with Crippen LogP contribution in [0, 0.1) is 17.1 Å². The van der Waals surface area contributed by atoms with Crippen molar-refractivity contribution in [2.45, 2.75) is 25.9 Å². The van der Waals surface area contributed by atoms with Crippen LogP contribution in [0.15, 0.2) is 18.2 Å². The van der Waals surface area contributed by atoms with E-state index in [2.05, 4.69) is 5.32 Å². The summed E-state index contributed by atoms with van der Waals surface area (Å²) in [5.74, 6) is -0.564. The first kappa shape index (κ1) is 15.4.